The highest BCUT2D eigenvalue weighted by atomic mass is 16.5. The topological polar surface area (TPSA) is 39.7 Å². The average Bonchev–Trinajstić information content (AvgIpc) is 2.44. The molecule has 1 unspecified atom stereocenters. The van der Waals surface area contributed by atoms with Crippen LogP contribution in [0.25, 0.3) is 0 Å². The summed E-state index contributed by atoms with van der Waals surface area (Å²) in [4.78, 5) is 0. The van der Waals surface area contributed by atoms with E-state index in [2.05, 4.69) is 19.2 Å². The lowest BCUT2D eigenvalue weighted by molar-refractivity contribution is 0.145. The maximum atomic E-state index is 5.78. The summed E-state index contributed by atoms with van der Waals surface area (Å²) in [6, 6.07) is 6.06. The molecule has 0 amide bonds. The molecule has 0 bridgehead atoms. The highest BCUT2D eigenvalue weighted by Gasteiger charge is 2.16. The first kappa shape index (κ1) is 15.8. The number of ether oxygens (including phenoxy) is 3. The summed E-state index contributed by atoms with van der Waals surface area (Å²) < 4.78 is 16.2. The van der Waals surface area contributed by atoms with Crippen LogP contribution in [0.5, 0.6) is 11.5 Å². The minimum atomic E-state index is 0.189. The van der Waals surface area contributed by atoms with Crippen molar-refractivity contribution < 1.29 is 14.2 Å². The molecule has 0 spiro atoms. The molecule has 0 fully saturated rings. The molecule has 1 N–H and O–H groups in total. The maximum Gasteiger partial charge on any atom is 0.127 e. The molecule has 1 atom stereocenters. The Balaban J connectivity index is 2.88. The molecule has 108 valence electrons. The van der Waals surface area contributed by atoms with E-state index in [9.17, 15) is 0 Å². The second kappa shape index (κ2) is 8.77. The van der Waals surface area contributed by atoms with Gasteiger partial charge in [0.25, 0.3) is 0 Å². The Labute approximate surface area is 116 Å². The van der Waals surface area contributed by atoms with Crippen molar-refractivity contribution >= 4 is 0 Å². The molecule has 1 aromatic rings. The second-order valence-corrected chi connectivity index (χ2v) is 4.39. The molecule has 0 radical (unpaired) electrons. The lowest BCUT2D eigenvalue weighted by atomic mass is 10.1. The zero-order valence-electron chi connectivity index (χ0n) is 12.4. The monoisotopic (exact) mass is 267 g/mol. The number of methoxy groups -OCH3 is 2. The van der Waals surface area contributed by atoms with E-state index in [0.717, 1.165) is 30.0 Å². The van der Waals surface area contributed by atoms with Crippen molar-refractivity contribution in [2.24, 2.45) is 0 Å². The van der Waals surface area contributed by atoms with Crippen molar-refractivity contribution in [1.82, 2.24) is 5.32 Å². The van der Waals surface area contributed by atoms with Gasteiger partial charge < -0.3 is 19.5 Å². The Kier molecular flexibility index (Phi) is 7.30. The highest BCUT2D eigenvalue weighted by molar-refractivity contribution is 5.46. The van der Waals surface area contributed by atoms with Gasteiger partial charge in [-0.25, -0.2) is 0 Å². The number of hydrogen-bond donors (Lipinski definition) is 1. The zero-order chi connectivity index (χ0) is 14.1. The third-order valence-electron chi connectivity index (χ3n) is 2.92. The van der Waals surface area contributed by atoms with Gasteiger partial charge in [0.2, 0.25) is 0 Å². The van der Waals surface area contributed by atoms with Crippen LogP contribution in [0.1, 0.15) is 31.9 Å². The van der Waals surface area contributed by atoms with Gasteiger partial charge in [-0.05, 0) is 32.0 Å². The lowest BCUT2D eigenvalue weighted by Crippen LogP contribution is -2.21. The SMILES string of the molecule is CCCNC(C)c1c(OC)cccc1OCCOC. The fourth-order valence-electron chi connectivity index (χ4n) is 1.95. The van der Waals surface area contributed by atoms with Crippen LogP contribution in [0.4, 0.5) is 0 Å². The predicted molar refractivity (Wildman–Crippen MR) is 77.1 cm³/mol. The van der Waals surface area contributed by atoms with E-state index in [0.29, 0.717) is 13.2 Å². The highest BCUT2D eigenvalue weighted by Crippen LogP contribution is 2.33. The van der Waals surface area contributed by atoms with Gasteiger partial charge >= 0.3 is 0 Å². The number of hydrogen-bond acceptors (Lipinski definition) is 4. The van der Waals surface area contributed by atoms with Gasteiger partial charge in [-0.3, -0.25) is 0 Å². The van der Waals surface area contributed by atoms with Gasteiger partial charge in [-0.1, -0.05) is 13.0 Å². The molecule has 0 heterocycles. The molecule has 0 aromatic heterocycles. The first-order chi connectivity index (χ1) is 9.24. The minimum Gasteiger partial charge on any atom is -0.496 e. The molecule has 0 aliphatic heterocycles. The summed E-state index contributed by atoms with van der Waals surface area (Å²) in [6.45, 7) is 6.36. The molecular formula is C15H25NO3. The third kappa shape index (κ3) is 4.73. The number of nitrogens with one attached hydrogen (secondary N) is 1. The van der Waals surface area contributed by atoms with E-state index in [1.807, 2.05) is 18.2 Å². The molecule has 4 heteroatoms. The fraction of sp³-hybridized carbons (Fsp3) is 0.600. The van der Waals surface area contributed by atoms with E-state index in [4.69, 9.17) is 14.2 Å². The van der Waals surface area contributed by atoms with Crippen LogP contribution in [0.15, 0.2) is 18.2 Å². The Bertz CT molecular complexity index is 368. The van der Waals surface area contributed by atoms with Crippen LogP contribution < -0.4 is 14.8 Å². The lowest BCUT2D eigenvalue weighted by Gasteiger charge is -2.20. The quantitative estimate of drug-likeness (QED) is 0.698. The van der Waals surface area contributed by atoms with Gasteiger partial charge in [0.15, 0.2) is 0 Å². The molecule has 1 aromatic carbocycles. The first-order valence-electron chi connectivity index (χ1n) is 6.76. The van der Waals surface area contributed by atoms with Crippen molar-refractivity contribution in [2.75, 3.05) is 34.0 Å². The van der Waals surface area contributed by atoms with Crippen molar-refractivity contribution in [3.05, 3.63) is 23.8 Å². The third-order valence-corrected chi connectivity index (χ3v) is 2.92. The Morgan fingerprint density at radius 1 is 1.16 bits per heavy atom. The molecule has 0 aliphatic carbocycles. The van der Waals surface area contributed by atoms with Gasteiger partial charge in [-0.2, -0.15) is 0 Å². The smallest absolute Gasteiger partial charge is 0.127 e. The average molecular weight is 267 g/mol. The van der Waals surface area contributed by atoms with Gasteiger partial charge in [0, 0.05) is 13.2 Å². The molecule has 0 saturated heterocycles. The molecular weight excluding hydrogens is 242 g/mol. The maximum absolute atomic E-state index is 5.78. The summed E-state index contributed by atoms with van der Waals surface area (Å²) >= 11 is 0. The Morgan fingerprint density at radius 2 is 1.89 bits per heavy atom. The predicted octanol–water partition coefficient (Wildman–Crippen LogP) is 2.78. The van der Waals surface area contributed by atoms with Gasteiger partial charge in [0.05, 0.1) is 19.3 Å². The minimum absolute atomic E-state index is 0.189. The van der Waals surface area contributed by atoms with Crippen LogP contribution in [0.2, 0.25) is 0 Å². The summed E-state index contributed by atoms with van der Waals surface area (Å²) in [5.41, 5.74) is 1.06. The van der Waals surface area contributed by atoms with Gasteiger partial charge in [0.1, 0.15) is 18.1 Å². The standard InChI is InChI=1S/C15H25NO3/c1-5-9-16-12(2)15-13(18-4)7-6-8-14(15)19-11-10-17-3/h6-8,12,16H,5,9-11H2,1-4H3. The normalized spacial score (nSPS) is 12.2. The van der Waals surface area contributed by atoms with Crippen LogP contribution >= 0.6 is 0 Å². The molecule has 0 saturated carbocycles. The van der Waals surface area contributed by atoms with Crippen molar-refractivity contribution in [2.45, 2.75) is 26.3 Å². The number of benzene rings is 1. The molecule has 4 nitrogen and oxygen atoms in total. The van der Waals surface area contributed by atoms with E-state index in [1.54, 1.807) is 14.2 Å². The van der Waals surface area contributed by atoms with E-state index >= 15 is 0 Å². The van der Waals surface area contributed by atoms with Gasteiger partial charge in [-0.15, -0.1) is 0 Å². The van der Waals surface area contributed by atoms with Crippen LogP contribution in [0.3, 0.4) is 0 Å². The van der Waals surface area contributed by atoms with Crippen LogP contribution in [-0.4, -0.2) is 34.0 Å². The fourth-order valence-corrected chi connectivity index (χ4v) is 1.95. The van der Waals surface area contributed by atoms with Crippen molar-refractivity contribution in [3.8, 4) is 11.5 Å². The van der Waals surface area contributed by atoms with E-state index in [-0.39, 0.29) is 6.04 Å². The summed E-state index contributed by atoms with van der Waals surface area (Å²) in [5, 5.41) is 3.46. The van der Waals surface area contributed by atoms with E-state index < -0.39 is 0 Å². The zero-order valence-corrected chi connectivity index (χ0v) is 12.4. The molecule has 1 rings (SSSR count). The summed E-state index contributed by atoms with van der Waals surface area (Å²) in [7, 11) is 3.35. The number of rotatable bonds is 9. The van der Waals surface area contributed by atoms with E-state index in [1.165, 1.54) is 0 Å². The Hall–Kier alpha value is -1.26. The van der Waals surface area contributed by atoms with Crippen LogP contribution in [0, 0.1) is 0 Å². The summed E-state index contributed by atoms with van der Waals surface area (Å²) in [6.07, 6.45) is 1.10. The molecule has 19 heavy (non-hydrogen) atoms. The molecule has 0 aliphatic rings. The second-order valence-electron chi connectivity index (χ2n) is 4.39. The summed E-state index contributed by atoms with van der Waals surface area (Å²) in [5.74, 6) is 1.71. The van der Waals surface area contributed by atoms with Crippen molar-refractivity contribution in [1.29, 1.82) is 0 Å². The van der Waals surface area contributed by atoms with Crippen LogP contribution in [-0.2, 0) is 4.74 Å². The largest absolute Gasteiger partial charge is 0.496 e. The first-order valence-corrected chi connectivity index (χ1v) is 6.76. The van der Waals surface area contributed by atoms with Crippen molar-refractivity contribution in [3.63, 3.8) is 0 Å². The Morgan fingerprint density at radius 3 is 2.53 bits per heavy atom.